The van der Waals surface area contributed by atoms with E-state index in [0.29, 0.717) is 0 Å². The summed E-state index contributed by atoms with van der Waals surface area (Å²) in [6, 6.07) is 9.66. The zero-order valence-electron chi connectivity index (χ0n) is 8.17. The SMILES string of the molecule is C[C@H](N=[N+]=[N-])C(N)Cc1ccccc1. The maximum absolute atomic E-state index is 8.25. The van der Waals surface area contributed by atoms with E-state index < -0.39 is 0 Å². The number of benzene rings is 1. The Labute approximate surface area is 83.4 Å². The van der Waals surface area contributed by atoms with Gasteiger partial charge < -0.3 is 5.73 Å². The largest absolute Gasteiger partial charge is 0.327 e. The van der Waals surface area contributed by atoms with Gasteiger partial charge in [-0.2, -0.15) is 0 Å². The van der Waals surface area contributed by atoms with Crippen LogP contribution in [0.25, 0.3) is 10.4 Å². The maximum Gasteiger partial charge on any atom is 0.0500 e. The van der Waals surface area contributed by atoms with E-state index in [-0.39, 0.29) is 12.1 Å². The fourth-order valence-electron chi connectivity index (χ4n) is 1.22. The molecule has 74 valence electrons. The molecule has 0 spiro atoms. The lowest BCUT2D eigenvalue weighted by molar-refractivity contribution is 0.555. The highest BCUT2D eigenvalue weighted by atomic mass is 15.2. The normalized spacial score (nSPS) is 14.1. The Morgan fingerprint density at radius 1 is 1.43 bits per heavy atom. The highest BCUT2D eigenvalue weighted by molar-refractivity contribution is 5.16. The van der Waals surface area contributed by atoms with Crippen molar-refractivity contribution < 1.29 is 0 Å². The lowest BCUT2D eigenvalue weighted by Crippen LogP contribution is -2.33. The summed E-state index contributed by atoms with van der Waals surface area (Å²) in [5, 5.41) is 3.58. The van der Waals surface area contributed by atoms with Crippen molar-refractivity contribution in [1.29, 1.82) is 0 Å². The minimum atomic E-state index is -0.166. The monoisotopic (exact) mass is 190 g/mol. The van der Waals surface area contributed by atoms with Gasteiger partial charge in [-0.15, -0.1) is 0 Å². The van der Waals surface area contributed by atoms with Crippen LogP contribution in [0.2, 0.25) is 0 Å². The van der Waals surface area contributed by atoms with Gasteiger partial charge in [0.2, 0.25) is 0 Å². The molecule has 1 aromatic carbocycles. The molecule has 2 atom stereocenters. The third kappa shape index (κ3) is 3.09. The van der Waals surface area contributed by atoms with Crippen LogP contribution in [0.3, 0.4) is 0 Å². The molecule has 0 heterocycles. The Kier molecular flexibility index (Phi) is 3.98. The van der Waals surface area contributed by atoms with Crippen LogP contribution in [0.1, 0.15) is 12.5 Å². The summed E-state index contributed by atoms with van der Waals surface area (Å²) in [5.41, 5.74) is 15.3. The standard InChI is InChI=1S/C10H14N4/c1-8(13-14-12)10(11)7-9-5-3-2-4-6-9/h2-6,8,10H,7,11H2,1H3/t8-,10?/m0/s1. The van der Waals surface area contributed by atoms with Crippen molar-refractivity contribution in [3.05, 3.63) is 46.3 Å². The van der Waals surface area contributed by atoms with E-state index in [2.05, 4.69) is 10.0 Å². The van der Waals surface area contributed by atoms with E-state index in [1.807, 2.05) is 37.3 Å². The van der Waals surface area contributed by atoms with Crippen LogP contribution in [-0.2, 0) is 6.42 Å². The van der Waals surface area contributed by atoms with Crippen LogP contribution in [-0.4, -0.2) is 12.1 Å². The summed E-state index contributed by atoms with van der Waals surface area (Å²) in [6.45, 7) is 1.83. The molecule has 4 heteroatoms. The predicted octanol–water partition coefficient (Wildman–Crippen LogP) is 2.26. The van der Waals surface area contributed by atoms with E-state index in [1.165, 1.54) is 5.56 Å². The average Bonchev–Trinajstić information content (AvgIpc) is 2.19. The molecule has 0 aromatic heterocycles. The molecule has 4 nitrogen and oxygen atoms in total. The third-order valence-corrected chi connectivity index (χ3v) is 2.17. The molecule has 0 amide bonds. The van der Waals surface area contributed by atoms with Crippen molar-refractivity contribution in [1.82, 2.24) is 0 Å². The molecule has 2 N–H and O–H groups in total. The van der Waals surface area contributed by atoms with Gasteiger partial charge in [-0.3, -0.25) is 0 Å². The quantitative estimate of drug-likeness (QED) is 0.441. The molecule has 1 unspecified atom stereocenters. The summed E-state index contributed by atoms with van der Waals surface area (Å²) < 4.78 is 0. The summed E-state index contributed by atoms with van der Waals surface area (Å²) in [4.78, 5) is 2.74. The van der Waals surface area contributed by atoms with Crippen molar-refractivity contribution >= 4 is 0 Å². The van der Waals surface area contributed by atoms with E-state index >= 15 is 0 Å². The Balaban J connectivity index is 2.57. The second-order valence-electron chi connectivity index (χ2n) is 3.30. The molecular formula is C10H14N4. The summed E-state index contributed by atoms with van der Waals surface area (Å²) in [6.07, 6.45) is 0.737. The molecule has 0 saturated heterocycles. The predicted molar refractivity (Wildman–Crippen MR) is 56.7 cm³/mol. The van der Waals surface area contributed by atoms with Gasteiger partial charge in [0.05, 0.1) is 0 Å². The molecule has 0 fully saturated rings. The fourth-order valence-corrected chi connectivity index (χ4v) is 1.22. The van der Waals surface area contributed by atoms with Crippen LogP contribution in [0, 0.1) is 0 Å². The zero-order valence-corrected chi connectivity index (χ0v) is 8.17. The van der Waals surface area contributed by atoms with Gasteiger partial charge in [0.1, 0.15) is 0 Å². The Morgan fingerprint density at radius 2 is 2.07 bits per heavy atom. The van der Waals surface area contributed by atoms with E-state index in [9.17, 15) is 0 Å². The Bertz CT molecular complexity index is 316. The Hall–Kier alpha value is -1.51. The fraction of sp³-hybridized carbons (Fsp3) is 0.400. The number of nitrogens with zero attached hydrogens (tertiary/aromatic N) is 3. The van der Waals surface area contributed by atoms with Gasteiger partial charge in [-0.25, -0.2) is 0 Å². The highest BCUT2D eigenvalue weighted by Gasteiger charge is 2.10. The van der Waals surface area contributed by atoms with Gasteiger partial charge in [-0.05, 0) is 17.5 Å². The van der Waals surface area contributed by atoms with E-state index in [0.717, 1.165) is 6.42 Å². The molecule has 0 aliphatic rings. The third-order valence-electron chi connectivity index (χ3n) is 2.17. The second kappa shape index (κ2) is 5.27. The van der Waals surface area contributed by atoms with Crippen LogP contribution in [0.5, 0.6) is 0 Å². The van der Waals surface area contributed by atoms with Crippen molar-refractivity contribution in [3.8, 4) is 0 Å². The molecule has 0 radical (unpaired) electrons. The number of nitrogens with two attached hydrogens (primary N) is 1. The molecule has 0 aliphatic carbocycles. The van der Waals surface area contributed by atoms with Crippen LogP contribution < -0.4 is 5.73 Å². The smallest absolute Gasteiger partial charge is 0.0500 e. The zero-order chi connectivity index (χ0) is 10.4. The van der Waals surface area contributed by atoms with Gasteiger partial charge >= 0.3 is 0 Å². The average molecular weight is 190 g/mol. The van der Waals surface area contributed by atoms with Gasteiger partial charge in [-0.1, -0.05) is 42.4 Å². The van der Waals surface area contributed by atoms with Crippen LogP contribution in [0.4, 0.5) is 0 Å². The highest BCUT2D eigenvalue weighted by Crippen LogP contribution is 2.06. The van der Waals surface area contributed by atoms with Gasteiger partial charge in [0, 0.05) is 17.0 Å². The second-order valence-corrected chi connectivity index (χ2v) is 3.30. The molecule has 1 rings (SSSR count). The Morgan fingerprint density at radius 3 is 2.64 bits per heavy atom. The summed E-state index contributed by atoms with van der Waals surface area (Å²) in [7, 11) is 0. The molecule has 0 aliphatic heterocycles. The molecule has 0 saturated carbocycles. The lowest BCUT2D eigenvalue weighted by Gasteiger charge is -2.14. The minimum Gasteiger partial charge on any atom is -0.327 e. The molecule has 14 heavy (non-hydrogen) atoms. The van der Waals surface area contributed by atoms with E-state index in [4.69, 9.17) is 11.3 Å². The summed E-state index contributed by atoms with van der Waals surface area (Å²) >= 11 is 0. The number of hydrogen-bond acceptors (Lipinski definition) is 2. The number of azide groups is 1. The number of hydrogen-bond donors (Lipinski definition) is 1. The topological polar surface area (TPSA) is 74.8 Å². The molecule has 1 aromatic rings. The number of rotatable bonds is 4. The van der Waals surface area contributed by atoms with Gasteiger partial charge in [0.25, 0.3) is 0 Å². The van der Waals surface area contributed by atoms with Crippen molar-refractivity contribution in [2.75, 3.05) is 0 Å². The maximum atomic E-state index is 8.25. The molecule has 0 bridgehead atoms. The van der Waals surface area contributed by atoms with E-state index in [1.54, 1.807) is 0 Å². The van der Waals surface area contributed by atoms with Crippen molar-refractivity contribution in [3.63, 3.8) is 0 Å². The van der Waals surface area contributed by atoms with Crippen LogP contribution >= 0.6 is 0 Å². The van der Waals surface area contributed by atoms with Crippen molar-refractivity contribution in [2.24, 2.45) is 10.8 Å². The first kappa shape index (κ1) is 10.6. The first-order valence-corrected chi connectivity index (χ1v) is 4.57. The lowest BCUT2D eigenvalue weighted by atomic mass is 10.0. The first-order chi connectivity index (χ1) is 6.74. The first-order valence-electron chi connectivity index (χ1n) is 4.57. The van der Waals surface area contributed by atoms with Gasteiger partial charge in [0.15, 0.2) is 0 Å². The minimum absolute atomic E-state index is 0.117. The van der Waals surface area contributed by atoms with Crippen LogP contribution in [0.15, 0.2) is 35.4 Å². The molecular weight excluding hydrogens is 176 g/mol. The summed E-state index contributed by atoms with van der Waals surface area (Å²) in [5.74, 6) is 0. The van der Waals surface area contributed by atoms with Crippen molar-refractivity contribution in [2.45, 2.75) is 25.4 Å².